The van der Waals surface area contributed by atoms with E-state index in [1.165, 1.54) is 17.5 Å². The maximum Gasteiger partial charge on any atom is 0.164 e. The van der Waals surface area contributed by atoms with E-state index in [2.05, 4.69) is 19.9 Å². The Hall–Kier alpha value is -1.22. The Kier molecular flexibility index (Phi) is 4.04. The molecule has 1 aliphatic rings. The van der Waals surface area contributed by atoms with Gasteiger partial charge in [0.2, 0.25) is 0 Å². The van der Waals surface area contributed by atoms with Crippen molar-refractivity contribution < 1.29 is 9.47 Å². The van der Waals surface area contributed by atoms with Gasteiger partial charge in [-0.2, -0.15) is 0 Å². The second-order valence-corrected chi connectivity index (χ2v) is 5.76. The summed E-state index contributed by atoms with van der Waals surface area (Å²) in [7, 11) is 3.40. The number of benzene rings is 1. The molecule has 1 saturated carbocycles. The topological polar surface area (TPSA) is 44.5 Å². The Morgan fingerprint density at radius 3 is 2.26 bits per heavy atom. The van der Waals surface area contributed by atoms with Gasteiger partial charge in [-0.05, 0) is 30.4 Å². The summed E-state index contributed by atoms with van der Waals surface area (Å²) in [5.41, 5.74) is 8.78. The van der Waals surface area contributed by atoms with Gasteiger partial charge < -0.3 is 15.2 Å². The van der Waals surface area contributed by atoms with Crippen molar-refractivity contribution in [3.63, 3.8) is 0 Å². The van der Waals surface area contributed by atoms with Crippen LogP contribution in [0.15, 0.2) is 12.1 Å². The highest BCUT2D eigenvalue weighted by molar-refractivity contribution is 5.56. The van der Waals surface area contributed by atoms with E-state index in [1.807, 2.05) is 6.07 Å². The average Bonchev–Trinajstić information content (AvgIpc) is 2.37. The van der Waals surface area contributed by atoms with E-state index in [9.17, 15) is 0 Å². The second kappa shape index (κ2) is 5.41. The first-order valence-corrected chi connectivity index (χ1v) is 7.05. The Morgan fingerprint density at radius 1 is 1.21 bits per heavy atom. The van der Waals surface area contributed by atoms with E-state index < -0.39 is 0 Å². The highest BCUT2D eigenvalue weighted by Gasteiger charge is 2.42. The van der Waals surface area contributed by atoms with Gasteiger partial charge >= 0.3 is 0 Å². The Bertz CT molecular complexity index is 445. The molecule has 0 bridgehead atoms. The van der Waals surface area contributed by atoms with E-state index in [4.69, 9.17) is 15.2 Å². The Balaban J connectivity index is 2.65. The fourth-order valence-electron chi connectivity index (χ4n) is 3.13. The first-order valence-electron chi connectivity index (χ1n) is 7.05. The first-order chi connectivity index (χ1) is 9.09. The van der Waals surface area contributed by atoms with Crippen LogP contribution in [0.25, 0.3) is 0 Å². The van der Waals surface area contributed by atoms with Crippen LogP contribution >= 0.6 is 0 Å². The van der Waals surface area contributed by atoms with Crippen LogP contribution in [0.2, 0.25) is 0 Å². The molecule has 0 amide bonds. The van der Waals surface area contributed by atoms with Gasteiger partial charge in [0.15, 0.2) is 11.5 Å². The summed E-state index contributed by atoms with van der Waals surface area (Å²) in [5.74, 6) is 2.14. The normalized spacial score (nSPS) is 17.2. The van der Waals surface area contributed by atoms with E-state index in [0.717, 1.165) is 24.3 Å². The molecule has 0 aromatic heterocycles. The van der Waals surface area contributed by atoms with Gasteiger partial charge in [0, 0.05) is 17.5 Å². The summed E-state index contributed by atoms with van der Waals surface area (Å²) >= 11 is 0. The van der Waals surface area contributed by atoms with Crippen LogP contribution in [0, 0.1) is 0 Å². The fourth-order valence-corrected chi connectivity index (χ4v) is 3.13. The molecule has 0 spiro atoms. The lowest BCUT2D eigenvalue weighted by atomic mass is 9.62. The quantitative estimate of drug-likeness (QED) is 0.887. The van der Waals surface area contributed by atoms with Crippen LogP contribution < -0.4 is 15.2 Å². The maximum absolute atomic E-state index is 6.09. The average molecular weight is 263 g/mol. The predicted molar refractivity (Wildman–Crippen MR) is 78.2 cm³/mol. The number of hydrogen-bond acceptors (Lipinski definition) is 3. The molecule has 0 heterocycles. The molecule has 3 heteroatoms. The minimum absolute atomic E-state index is 0.0828. The van der Waals surface area contributed by atoms with Gasteiger partial charge in [0.25, 0.3) is 0 Å². The van der Waals surface area contributed by atoms with Crippen LogP contribution in [-0.4, -0.2) is 20.8 Å². The molecule has 106 valence electrons. The number of methoxy groups -OCH3 is 2. The van der Waals surface area contributed by atoms with E-state index >= 15 is 0 Å². The predicted octanol–water partition coefficient (Wildman–Crippen LogP) is 3.21. The van der Waals surface area contributed by atoms with Gasteiger partial charge in [-0.15, -0.1) is 0 Å². The number of hydrogen-bond donors (Lipinski definition) is 1. The lowest BCUT2D eigenvalue weighted by molar-refractivity contribution is 0.237. The number of ether oxygens (including phenoxy) is 2. The molecule has 1 aromatic carbocycles. The summed E-state index contributed by atoms with van der Waals surface area (Å²) in [6, 6.07) is 4.16. The minimum Gasteiger partial charge on any atom is -0.493 e. The zero-order valence-electron chi connectivity index (χ0n) is 12.5. The lowest BCUT2D eigenvalue weighted by Crippen LogP contribution is -2.42. The summed E-state index contributed by atoms with van der Waals surface area (Å²) in [5, 5.41) is 0. The van der Waals surface area contributed by atoms with Crippen molar-refractivity contribution in [1.82, 2.24) is 0 Å². The molecule has 19 heavy (non-hydrogen) atoms. The monoisotopic (exact) mass is 263 g/mol. The van der Waals surface area contributed by atoms with Crippen LogP contribution in [0.1, 0.15) is 50.2 Å². The molecular weight excluding hydrogens is 238 g/mol. The summed E-state index contributed by atoms with van der Waals surface area (Å²) in [6.45, 7) is 5.11. The number of nitrogens with two attached hydrogens (primary N) is 1. The third-order valence-corrected chi connectivity index (χ3v) is 4.43. The molecule has 2 rings (SSSR count). The van der Waals surface area contributed by atoms with Crippen molar-refractivity contribution in [2.24, 2.45) is 5.73 Å². The Morgan fingerprint density at radius 2 is 1.89 bits per heavy atom. The van der Waals surface area contributed by atoms with Gasteiger partial charge in [-0.3, -0.25) is 0 Å². The summed E-state index contributed by atoms with van der Waals surface area (Å²) < 4.78 is 11.1. The van der Waals surface area contributed by atoms with Crippen LogP contribution in [0.5, 0.6) is 11.5 Å². The third kappa shape index (κ3) is 2.20. The lowest BCUT2D eigenvalue weighted by Gasteiger charge is -2.44. The molecule has 0 radical (unpaired) electrons. The van der Waals surface area contributed by atoms with Crippen molar-refractivity contribution in [3.8, 4) is 11.5 Å². The SMILES string of the molecule is COc1ccc(C(C)C)c(C2(CN)CCC2)c1OC. The molecule has 1 aliphatic carbocycles. The van der Waals surface area contributed by atoms with Crippen LogP contribution in [-0.2, 0) is 5.41 Å². The van der Waals surface area contributed by atoms with Crippen molar-refractivity contribution >= 4 is 0 Å². The minimum atomic E-state index is 0.0828. The fraction of sp³-hybridized carbons (Fsp3) is 0.625. The molecule has 1 aromatic rings. The standard InChI is InChI=1S/C16H25NO2/c1-11(2)12-6-7-13(18-3)15(19-4)14(12)16(10-17)8-5-9-16/h6-7,11H,5,8-10,17H2,1-4H3. The first kappa shape index (κ1) is 14.2. The second-order valence-electron chi connectivity index (χ2n) is 5.76. The molecule has 0 saturated heterocycles. The summed E-state index contributed by atoms with van der Waals surface area (Å²) in [6.07, 6.45) is 3.54. The molecule has 3 nitrogen and oxygen atoms in total. The summed E-state index contributed by atoms with van der Waals surface area (Å²) in [4.78, 5) is 0. The maximum atomic E-state index is 6.09. The number of rotatable bonds is 5. The van der Waals surface area contributed by atoms with Gasteiger partial charge in [-0.25, -0.2) is 0 Å². The van der Waals surface area contributed by atoms with Crippen molar-refractivity contribution in [2.45, 2.75) is 44.4 Å². The molecule has 0 aliphatic heterocycles. The van der Waals surface area contributed by atoms with Crippen molar-refractivity contribution in [2.75, 3.05) is 20.8 Å². The van der Waals surface area contributed by atoms with Crippen molar-refractivity contribution in [3.05, 3.63) is 23.3 Å². The zero-order chi connectivity index (χ0) is 14.0. The molecule has 0 atom stereocenters. The largest absolute Gasteiger partial charge is 0.493 e. The third-order valence-electron chi connectivity index (χ3n) is 4.43. The highest BCUT2D eigenvalue weighted by atomic mass is 16.5. The van der Waals surface area contributed by atoms with Crippen molar-refractivity contribution in [1.29, 1.82) is 0 Å². The van der Waals surface area contributed by atoms with Gasteiger partial charge in [0.1, 0.15) is 0 Å². The van der Waals surface area contributed by atoms with Gasteiger partial charge in [0.05, 0.1) is 14.2 Å². The zero-order valence-corrected chi connectivity index (χ0v) is 12.5. The van der Waals surface area contributed by atoms with E-state index in [1.54, 1.807) is 14.2 Å². The molecule has 2 N–H and O–H groups in total. The molecular formula is C16H25NO2. The molecule has 0 unspecified atom stereocenters. The van der Waals surface area contributed by atoms with Crippen LogP contribution in [0.4, 0.5) is 0 Å². The Labute approximate surface area is 116 Å². The molecule has 1 fully saturated rings. The highest BCUT2D eigenvalue weighted by Crippen LogP contribution is 2.51. The smallest absolute Gasteiger partial charge is 0.164 e. The van der Waals surface area contributed by atoms with E-state index in [0.29, 0.717) is 12.5 Å². The van der Waals surface area contributed by atoms with Crippen LogP contribution in [0.3, 0.4) is 0 Å². The van der Waals surface area contributed by atoms with E-state index in [-0.39, 0.29) is 5.41 Å². The van der Waals surface area contributed by atoms with Gasteiger partial charge in [-0.1, -0.05) is 26.3 Å².